The molecule has 2 N–H and O–H groups in total. The van der Waals surface area contributed by atoms with Crippen molar-refractivity contribution in [3.8, 4) is 0 Å². The average Bonchev–Trinajstić information content (AvgIpc) is 2.55. The second-order valence-electron chi connectivity index (χ2n) is 4.03. The molecule has 0 spiro atoms. The molecule has 0 aromatic carbocycles. The van der Waals surface area contributed by atoms with Gasteiger partial charge in [-0.05, 0) is 13.8 Å². The van der Waals surface area contributed by atoms with Crippen LogP contribution < -0.4 is 5.32 Å². The van der Waals surface area contributed by atoms with Gasteiger partial charge in [0.05, 0.1) is 5.69 Å². The lowest BCUT2D eigenvalue weighted by molar-refractivity contribution is -0.203. The fraction of sp³-hybridized carbons (Fsp3) is 0.500. The van der Waals surface area contributed by atoms with Crippen molar-refractivity contribution >= 4 is 11.9 Å². The van der Waals surface area contributed by atoms with Crippen LogP contribution in [0.1, 0.15) is 29.1 Å². The molecule has 0 saturated carbocycles. The summed E-state index contributed by atoms with van der Waals surface area (Å²) >= 11 is 0. The van der Waals surface area contributed by atoms with Crippen LogP contribution in [0.5, 0.6) is 0 Å². The third-order valence-corrected chi connectivity index (χ3v) is 2.47. The van der Waals surface area contributed by atoms with Gasteiger partial charge in [-0.15, -0.1) is 0 Å². The van der Waals surface area contributed by atoms with Gasteiger partial charge < -0.3 is 14.8 Å². The predicted octanol–water partition coefficient (Wildman–Crippen LogP) is 1.43. The maximum atomic E-state index is 12.7. The first kappa shape index (κ1) is 15.0. The molecule has 106 valence electrons. The number of carbonyl (C=O) groups excluding carboxylic acids is 1. The number of hydrogen-bond acceptors (Lipinski definition) is 4. The standard InChI is InChI=1S/C10H11F3N2O4/c1-4-6(19-5(2)14-4)7(16)15-9(3,8(17)18)10(11,12)13/h1-3H3,(H,15,16)(H,17,18). The fourth-order valence-electron chi connectivity index (χ4n) is 1.27. The highest BCUT2D eigenvalue weighted by Crippen LogP contribution is 2.30. The lowest BCUT2D eigenvalue weighted by atomic mass is 10.0. The first-order chi connectivity index (χ1) is 8.49. The summed E-state index contributed by atoms with van der Waals surface area (Å²) in [6.07, 6.45) is -5.16. The second-order valence-corrected chi connectivity index (χ2v) is 4.03. The van der Waals surface area contributed by atoms with Gasteiger partial charge in [-0.3, -0.25) is 4.79 Å². The number of alkyl halides is 3. The highest BCUT2D eigenvalue weighted by molar-refractivity contribution is 5.96. The van der Waals surface area contributed by atoms with Crippen molar-refractivity contribution in [3.05, 3.63) is 17.3 Å². The molecule has 1 atom stereocenters. The number of oxazole rings is 1. The van der Waals surface area contributed by atoms with Gasteiger partial charge in [0.1, 0.15) is 0 Å². The number of nitrogens with zero attached hydrogens (tertiary/aromatic N) is 1. The quantitative estimate of drug-likeness (QED) is 0.873. The predicted molar refractivity (Wildman–Crippen MR) is 55.5 cm³/mol. The molecule has 1 unspecified atom stereocenters. The van der Waals surface area contributed by atoms with E-state index >= 15 is 0 Å². The zero-order valence-corrected chi connectivity index (χ0v) is 10.3. The molecule has 0 aliphatic rings. The van der Waals surface area contributed by atoms with Crippen LogP contribution in [0.2, 0.25) is 0 Å². The Morgan fingerprint density at radius 3 is 2.16 bits per heavy atom. The maximum absolute atomic E-state index is 12.7. The summed E-state index contributed by atoms with van der Waals surface area (Å²) in [4.78, 5) is 26.1. The minimum atomic E-state index is -5.16. The van der Waals surface area contributed by atoms with Gasteiger partial charge in [0.15, 0.2) is 5.89 Å². The van der Waals surface area contributed by atoms with E-state index in [4.69, 9.17) is 9.52 Å². The molecule has 1 aromatic heterocycles. The Morgan fingerprint density at radius 1 is 1.32 bits per heavy atom. The lowest BCUT2D eigenvalue weighted by Crippen LogP contribution is -2.61. The lowest BCUT2D eigenvalue weighted by Gasteiger charge is -2.28. The van der Waals surface area contributed by atoms with Crippen LogP contribution in [0.25, 0.3) is 0 Å². The molecule has 0 aliphatic carbocycles. The van der Waals surface area contributed by atoms with E-state index in [1.807, 2.05) is 0 Å². The Kier molecular flexibility index (Phi) is 3.60. The largest absolute Gasteiger partial charge is 0.479 e. The Bertz CT molecular complexity index is 523. The third kappa shape index (κ3) is 2.69. The summed E-state index contributed by atoms with van der Waals surface area (Å²) in [5.74, 6) is -3.87. The molecule has 1 rings (SSSR count). The first-order valence-corrected chi connectivity index (χ1v) is 5.05. The molecule has 19 heavy (non-hydrogen) atoms. The minimum Gasteiger partial charge on any atom is -0.479 e. The molecular weight excluding hydrogens is 269 g/mol. The number of aromatic nitrogens is 1. The molecular formula is C10H11F3N2O4. The second kappa shape index (κ2) is 4.56. The Morgan fingerprint density at radius 2 is 1.84 bits per heavy atom. The van der Waals surface area contributed by atoms with E-state index in [2.05, 4.69) is 4.98 Å². The van der Waals surface area contributed by atoms with Gasteiger partial charge in [0, 0.05) is 6.92 Å². The number of nitrogens with one attached hydrogen (secondary N) is 1. The van der Waals surface area contributed by atoms with Gasteiger partial charge in [-0.25, -0.2) is 9.78 Å². The van der Waals surface area contributed by atoms with Crippen LogP contribution in [-0.4, -0.2) is 33.7 Å². The van der Waals surface area contributed by atoms with E-state index in [0.717, 1.165) is 0 Å². The highest BCUT2D eigenvalue weighted by atomic mass is 19.4. The van der Waals surface area contributed by atoms with Crippen LogP contribution in [0.3, 0.4) is 0 Å². The van der Waals surface area contributed by atoms with Gasteiger partial charge in [0.2, 0.25) is 11.3 Å². The van der Waals surface area contributed by atoms with E-state index in [1.165, 1.54) is 19.2 Å². The van der Waals surface area contributed by atoms with Gasteiger partial charge in [-0.2, -0.15) is 13.2 Å². The summed E-state index contributed by atoms with van der Waals surface area (Å²) in [7, 11) is 0. The minimum absolute atomic E-state index is 0.0740. The Hall–Kier alpha value is -2.06. The molecule has 0 radical (unpaired) electrons. The summed E-state index contributed by atoms with van der Waals surface area (Å²) in [6, 6.07) is 0. The summed E-state index contributed by atoms with van der Waals surface area (Å²) in [5, 5.41) is 10.1. The first-order valence-electron chi connectivity index (χ1n) is 5.05. The summed E-state index contributed by atoms with van der Waals surface area (Å²) < 4.78 is 42.9. The van der Waals surface area contributed by atoms with Crippen LogP contribution >= 0.6 is 0 Å². The smallest absolute Gasteiger partial charge is 0.422 e. The monoisotopic (exact) mass is 280 g/mol. The van der Waals surface area contributed by atoms with Crippen molar-refractivity contribution in [2.75, 3.05) is 0 Å². The molecule has 0 bridgehead atoms. The number of rotatable bonds is 3. The number of carboxylic acids is 1. The maximum Gasteiger partial charge on any atom is 0.422 e. The molecule has 0 fully saturated rings. The highest BCUT2D eigenvalue weighted by Gasteiger charge is 2.58. The van der Waals surface area contributed by atoms with E-state index in [0.29, 0.717) is 6.92 Å². The van der Waals surface area contributed by atoms with Crippen molar-refractivity contribution in [2.45, 2.75) is 32.5 Å². The SMILES string of the molecule is Cc1nc(C)c(C(=O)NC(C)(C(=O)O)C(F)(F)F)o1. The van der Waals surface area contributed by atoms with E-state index in [1.54, 1.807) is 0 Å². The molecule has 1 aromatic rings. The third-order valence-electron chi connectivity index (χ3n) is 2.47. The molecule has 1 heterocycles. The number of amides is 1. The van der Waals surface area contributed by atoms with Crippen molar-refractivity contribution in [3.63, 3.8) is 0 Å². The van der Waals surface area contributed by atoms with Crippen LogP contribution in [0.15, 0.2) is 4.42 Å². The zero-order chi connectivity index (χ0) is 15.0. The molecule has 0 saturated heterocycles. The number of carboxylic acid groups (broad SMARTS) is 1. The number of aryl methyl sites for hydroxylation is 2. The number of aliphatic carboxylic acids is 1. The molecule has 6 nitrogen and oxygen atoms in total. The average molecular weight is 280 g/mol. The van der Waals surface area contributed by atoms with Crippen molar-refractivity contribution in [1.29, 1.82) is 0 Å². The molecule has 1 amide bonds. The number of hydrogen-bond donors (Lipinski definition) is 2. The summed E-state index contributed by atoms with van der Waals surface area (Å²) in [6.45, 7) is 3.12. The zero-order valence-electron chi connectivity index (χ0n) is 10.3. The van der Waals surface area contributed by atoms with Gasteiger partial charge in [-0.1, -0.05) is 0 Å². The fourth-order valence-corrected chi connectivity index (χ4v) is 1.27. The van der Waals surface area contributed by atoms with Crippen LogP contribution in [0.4, 0.5) is 13.2 Å². The van der Waals surface area contributed by atoms with Crippen LogP contribution in [0, 0.1) is 13.8 Å². The normalized spacial score (nSPS) is 14.8. The summed E-state index contributed by atoms with van der Waals surface area (Å²) in [5.41, 5.74) is -3.33. The number of carbonyl (C=O) groups is 2. The molecule has 0 aliphatic heterocycles. The topological polar surface area (TPSA) is 92.4 Å². The Balaban J connectivity index is 3.09. The van der Waals surface area contributed by atoms with Gasteiger partial charge >= 0.3 is 12.1 Å². The molecule has 9 heteroatoms. The van der Waals surface area contributed by atoms with Crippen LogP contribution in [-0.2, 0) is 4.79 Å². The number of halogens is 3. The van der Waals surface area contributed by atoms with Crippen molar-refractivity contribution < 1.29 is 32.3 Å². The van der Waals surface area contributed by atoms with Gasteiger partial charge in [0.25, 0.3) is 5.91 Å². The van der Waals surface area contributed by atoms with Crippen molar-refractivity contribution in [2.24, 2.45) is 0 Å². The van der Waals surface area contributed by atoms with E-state index < -0.39 is 29.4 Å². The Labute approximate surface area is 105 Å². The van der Waals surface area contributed by atoms with E-state index in [-0.39, 0.29) is 11.6 Å². The van der Waals surface area contributed by atoms with Crippen molar-refractivity contribution in [1.82, 2.24) is 10.3 Å². The van der Waals surface area contributed by atoms with E-state index in [9.17, 15) is 22.8 Å².